The van der Waals surface area contributed by atoms with Gasteiger partial charge in [0.1, 0.15) is 0 Å². The molecule has 0 unspecified atom stereocenters. The lowest BCUT2D eigenvalue weighted by Crippen LogP contribution is -2.30. The Labute approximate surface area is 69.8 Å². The van der Waals surface area contributed by atoms with Gasteiger partial charge in [-0.25, -0.2) is 0 Å². The molecule has 0 amide bonds. The molecule has 0 aliphatic carbocycles. The fourth-order valence-electron chi connectivity index (χ4n) is 1.66. The van der Waals surface area contributed by atoms with Crippen molar-refractivity contribution in [3.8, 4) is 0 Å². The number of hydrogen-bond donors (Lipinski definition) is 1. The van der Waals surface area contributed by atoms with Gasteiger partial charge in [0.2, 0.25) is 0 Å². The van der Waals surface area contributed by atoms with Gasteiger partial charge in [0.15, 0.2) is 0 Å². The molecule has 0 spiro atoms. The Bertz CT molecular complexity index is 87.6. The smallest absolute Gasteiger partial charge is 0.00183 e. The summed E-state index contributed by atoms with van der Waals surface area (Å²) in [5.41, 5.74) is 5.43. The molecular formula is C9H20N2. The average Bonchev–Trinajstić information content (AvgIpc) is 2.07. The first-order chi connectivity index (χ1) is 5.43. The maximum atomic E-state index is 5.43. The van der Waals surface area contributed by atoms with Crippen LogP contribution in [0.3, 0.4) is 0 Å². The molecule has 2 heteroatoms. The van der Waals surface area contributed by atoms with Crippen molar-refractivity contribution in [1.82, 2.24) is 4.90 Å². The first-order valence-corrected chi connectivity index (χ1v) is 4.86. The number of piperidine rings is 1. The Kier molecular flexibility index (Phi) is 4.55. The van der Waals surface area contributed by atoms with Gasteiger partial charge in [-0.1, -0.05) is 6.42 Å². The summed E-state index contributed by atoms with van der Waals surface area (Å²) in [5, 5.41) is 0. The van der Waals surface area contributed by atoms with E-state index in [-0.39, 0.29) is 0 Å². The van der Waals surface area contributed by atoms with Crippen LogP contribution in [-0.4, -0.2) is 31.1 Å². The molecule has 0 bridgehead atoms. The third-order valence-corrected chi connectivity index (χ3v) is 2.38. The summed E-state index contributed by atoms with van der Waals surface area (Å²) in [6.07, 6.45) is 6.73. The van der Waals surface area contributed by atoms with E-state index in [1.165, 1.54) is 51.7 Å². The molecule has 1 rings (SSSR count). The van der Waals surface area contributed by atoms with Crippen LogP contribution < -0.4 is 5.73 Å². The van der Waals surface area contributed by atoms with Crippen molar-refractivity contribution in [1.29, 1.82) is 0 Å². The van der Waals surface area contributed by atoms with Gasteiger partial charge in [-0.05, 0) is 51.9 Å². The Morgan fingerprint density at radius 1 is 1.00 bits per heavy atom. The number of rotatable bonds is 4. The summed E-state index contributed by atoms with van der Waals surface area (Å²) in [5.74, 6) is 0. The lowest BCUT2D eigenvalue weighted by atomic mass is 10.1. The van der Waals surface area contributed by atoms with Crippen molar-refractivity contribution in [3.63, 3.8) is 0 Å². The van der Waals surface area contributed by atoms with E-state index in [1.54, 1.807) is 0 Å². The third kappa shape index (κ3) is 3.73. The summed E-state index contributed by atoms with van der Waals surface area (Å²) in [4.78, 5) is 2.57. The minimum absolute atomic E-state index is 0.855. The number of hydrogen-bond acceptors (Lipinski definition) is 2. The van der Waals surface area contributed by atoms with Crippen LogP contribution in [-0.2, 0) is 0 Å². The normalized spacial score (nSPS) is 20.5. The zero-order valence-corrected chi connectivity index (χ0v) is 7.39. The van der Waals surface area contributed by atoms with Gasteiger partial charge in [0, 0.05) is 0 Å². The van der Waals surface area contributed by atoms with Gasteiger partial charge in [-0.3, -0.25) is 0 Å². The predicted octanol–water partition coefficient (Wildman–Crippen LogP) is 1.21. The predicted molar refractivity (Wildman–Crippen MR) is 48.6 cm³/mol. The van der Waals surface area contributed by atoms with Gasteiger partial charge in [-0.2, -0.15) is 0 Å². The highest BCUT2D eigenvalue weighted by atomic mass is 15.1. The van der Waals surface area contributed by atoms with Gasteiger partial charge in [0.05, 0.1) is 0 Å². The molecule has 0 aromatic rings. The van der Waals surface area contributed by atoms with E-state index in [2.05, 4.69) is 4.90 Å². The van der Waals surface area contributed by atoms with Crippen LogP contribution in [0, 0.1) is 0 Å². The summed E-state index contributed by atoms with van der Waals surface area (Å²) in [6.45, 7) is 4.78. The number of likely N-dealkylation sites (tertiary alicyclic amines) is 1. The van der Waals surface area contributed by atoms with Crippen molar-refractivity contribution >= 4 is 0 Å². The highest BCUT2D eigenvalue weighted by Crippen LogP contribution is 2.08. The molecule has 1 saturated heterocycles. The molecule has 11 heavy (non-hydrogen) atoms. The van der Waals surface area contributed by atoms with Gasteiger partial charge in [-0.15, -0.1) is 0 Å². The van der Waals surface area contributed by atoms with Crippen LogP contribution in [0.4, 0.5) is 0 Å². The minimum Gasteiger partial charge on any atom is -0.330 e. The van der Waals surface area contributed by atoms with Crippen molar-refractivity contribution in [3.05, 3.63) is 0 Å². The quantitative estimate of drug-likeness (QED) is 0.620. The standard InChI is InChI=1S/C9H20N2/c10-6-2-5-9-11-7-3-1-4-8-11/h1-10H2. The van der Waals surface area contributed by atoms with Crippen LogP contribution in [0.2, 0.25) is 0 Å². The lowest BCUT2D eigenvalue weighted by molar-refractivity contribution is 0.225. The van der Waals surface area contributed by atoms with E-state index in [9.17, 15) is 0 Å². The maximum absolute atomic E-state index is 5.43. The Morgan fingerprint density at radius 3 is 2.36 bits per heavy atom. The van der Waals surface area contributed by atoms with E-state index < -0.39 is 0 Å². The van der Waals surface area contributed by atoms with E-state index in [0.717, 1.165) is 6.54 Å². The van der Waals surface area contributed by atoms with Crippen LogP contribution in [0.1, 0.15) is 32.1 Å². The second kappa shape index (κ2) is 5.56. The zero-order valence-electron chi connectivity index (χ0n) is 7.39. The molecule has 1 heterocycles. The molecule has 1 aliphatic rings. The van der Waals surface area contributed by atoms with Crippen molar-refractivity contribution in [2.45, 2.75) is 32.1 Å². The maximum Gasteiger partial charge on any atom is -0.00183 e. The molecule has 0 atom stereocenters. The van der Waals surface area contributed by atoms with Gasteiger partial charge in [0.25, 0.3) is 0 Å². The monoisotopic (exact) mass is 156 g/mol. The Morgan fingerprint density at radius 2 is 1.73 bits per heavy atom. The average molecular weight is 156 g/mol. The second-order valence-electron chi connectivity index (χ2n) is 3.40. The molecule has 0 aromatic carbocycles. The Hall–Kier alpha value is -0.0800. The minimum atomic E-state index is 0.855. The first kappa shape index (κ1) is 9.01. The third-order valence-electron chi connectivity index (χ3n) is 2.38. The largest absolute Gasteiger partial charge is 0.330 e. The molecular weight excluding hydrogens is 136 g/mol. The molecule has 0 saturated carbocycles. The lowest BCUT2D eigenvalue weighted by Gasteiger charge is -2.26. The number of unbranched alkanes of at least 4 members (excludes halogenated alkanes) is 1. The van der Waals surface area contributed by atoms with Crippen molar-refractivity contribution < 1.29 is 0 Å². The number of nitrogens with two attached hydrogens (primary N) is 1. The highest BCUT2D eigenvalue weighted by molar-refractivity contribution is 4.63. The van der Waals surface area contributed by atoms with E-state index in [4.69, 9.17) is 5.73 Å². The molecule has 1 aliphatic heterocycles. The summed E-state index contributed by atoms with van der Waals surface area (Å²) in [7, 11) is 0. The molecule has 0 aromatic heterocycles. The Balaban J connectivity index is 1.96. The van der Waals surface area contributed by atoms with Crippen LogP contribution in [0.5, 0.6) is 0 Å². The second-order valence-corrected chi connectivity index (χ2v) is 3.40. The summed E-state index contributed by atoms with van der Waals surface area (Å²) in [6, 6.07) is 0. The first-order valence-electron chi connectivity index (χ1n) is 4.86. The van der Waals surface area contributed by atoms with E-state index in [1.807, 2.05) is 0 Å². The van der Waals surface area contributed by atoms with Gasteiger partial charge >= 0.3 is 0 Å². The van der Waals surface area contributed by atoms with E-state index in [0.29, 0.717) is 0 Å². The van der Waals surface area contributed by atoms with E-state index >= 15 is 0 Å². The van der Waals surface area contributed by atoms with Crippen LogP contribution >= 0.6 is 0 Å². The highest BCUT2D eigenvalue weighted by Gasteiger charge is 2.08. The summed E-state index contributed by atoms with van der Waals surface area (Å²) < 4.78 is 0. The van der Waals surface area contributed by atoms with Crippen LogP contribution in [0.25, 0.3) is 0 Å². The van der Waals surface area contributed by atoms with Crippen molar-refractivity contribution in [2.24, 2.45) is 5.73 Å². The summed E-state index contributed by atoms with van der Waals surface area (Å²) >= 11 is 0. The van der Waals surface area contributed by atoms with Gasteiger partial charge < -0.3 is 10.6 Å². The molecule has 66 valence electrons. The zero-order chi connectivity index (χ0) is 7.94. The van der Waals surface area contributed by atoms with Crippen molar-refractivity contribution in [2.75, 3.05) is 26.2 Å². The number of nitrogens with zero attached hydrogens (tertiary/aromatic N) is 1. The molecule has 0 radical (unpaired) electrons. The fourth-order valence-corrected chi connectivity index (χ4v) is 1.66. The fraction of sp³-hybridized carbons (Fsp3) is 1.00. The molecule has 2 N–H and O–H groups in total. The molecule has 1 fully saturated rings. The van der Waals surface area contributed by atoms with Crippen LogP contribution in [0.15, 0.2) is 0 Å². The topological polar surface area (TPSA) is 29.3 Å². The SMILES string of the molecule is NCCCCN1CCCCC1. The molecule has 2 nitrogen and oxygen atoms in total.